The summed E-state index contributed by atoms with van der Waals surface area (Å²) in [5.41, 5.74) is 1.40. The monoisotopic (exact) mass is 396 g/mol. The standard InChI is InChI=1S/C21H24N4O4/c1-28-16-5-3-14(4-6-16)20-17-12-24(13-19(26)29-2)10-15(17)11-25(20)21(27)18-9-22-7-8-23-18/h3-9,15,17,20H,10-13H2,1-2H3/t15-,17-,20-/m0/s1. The fourth-order valence-corrected chi connectivity index (χ4v) is 4.51. The molecule has 2 fully saturated rings. The molecule has 3 atom stereocenters. The van der Waals surface area contributed by atoms with Crippen LogP contribution in [0.3, 0.4) is 0 Å². The molecule has 0 unspecified atom stereocenters. The molecule has 8 nitrogen and oxygen atoms in total. The third-order valence-electron chi connectivity index (χ3n) is 5.82. The van der Waals surface area contributed by atoms with Gasteiger partial charge in [0.1, 0.15) is 11.4 Å². The van der Waals surface area contributed by atoms with Crippen LogP contribution in [0.4, 0.5) is 0 Å². The maximum absolute atomic E-state index is 13.2. The van der Waals surface area contributed by atoms with Crippen LogP contribution in [0.2, 0.25) is 0 Å². The largest absolute Gasteiger partial charge is 0.497 e. The average Bonchev–Trinajstić information content (AvgIpc) is 3.31. The number of methoxy groups -OCH3 is 2. The van der Waals surface area contributed by atoms with Crippen LogP contribution < -0.4 is 4.74 Å². The average molecular weight is 396 g/mol. The number of esters is 1. The van der Waals surface area contributed by atoms with Gasteiger partial charge in [-0.3, -0.25) is 19.5 Å². The Bertz CT molecular complexity index is 874. The summed E-state index contributed by atoms with van der Waals surface area (Å²) in [6.07, 6.45) is 4.59. The van der Waals surface area contributed by atoms with E-state index in [4.69, 9.17) is 9.47 Å². The third-order valence-corrected chi connectivity index (χ3v) is 5.82. The van der Waals surface area contributed by atoms with Crippen molar-refractivity contribution in [2.24, 2.45) is 11.8 Å². The zero-order valence-electron chi connectivity index (χ0n) is 16.5. The van der Waals surface area contributed by atoms with Gasteiger partial charge in [0.25, 0.3) is 5.91 Å². The molecule has 3 heterocycles. The number of nitrogens with zero attached hydrogens (tertiary/aromatic N) is 4. The quantitative estimate of drug-likeness (QED) is 0.707. The van der Waals surface area contributed by atoms with Crippen molar-refractivity contribution in [2.45, 2.75) is 6.04 Å². The van der Waals surface area contributed by atoms with Gasteiger partial charge in [-0.25, -0.2) is 4.98 Å². The van der Waals surface area contributed by atoms with Crippen molar-refractivity contribution >= 4 is 11.9 Å². The number of amides is 1. The number of aromatic nitrogens is 2. The minimum absolute atomic E-state index is 0.0944. The van der Waals surface area contributed by atoms with Gasteiger partial charge in [-0.1, -0.05) is 12.1 Å². The van der Waals surface area contributed by atoms with E-state index in [-0.39, 0.29) is 36.3 Å². The first kappa shape index (κ1) is 19.3. The summed E-state index contributed by atoms with van der Waals surface area (Å²) in [6.45, 7) is 2.39. The Morgan fingerprint density at radius 2 is 1.90 bits per heavy atom. The van der Waals surface area contributed by atoms with Gasteiger partial charge in [0.05, 0.1) is 33.0 Å². The highest BCUT2D eigenvalue weighted by molar-refractivity contribution is 5.92. The summed E-state index contributed by atoms with van der Waals surface area (Å²) in [5.74, 6) is 0.932. The molecule has 0 aliphatic carbocycles. The highest BCUT2D eigenvalue weighted by Gasteiger charge is 2.49. The predicted octanol–water partition coefficient (Wildman–Crippen LogP) is 1.40. The van der Waals surface area contributed by atoms with Crippen molar-refractivity contribution in [3.8, 4) is 5.75 Å². The van der Waals surface area contributed by atoms with Gasteiger partial charge < -0.3 is 14.4 Å². The second-order valence-corrected chi connectivity index (χ2v) is 7.46. The maximum Gasteiger partial charge on any atom is 0.319 e. The number of carbonyl (C=O) groups excluding carboxylic acids is 2. The topological polar surface area (TPSA) is 84.9 Å². The Balaban J connectivity index is 1.62. The van der Waals surface area contributed by atoms with Crippen molar-refractivity contribution in [1.82, 2.24) is 19.8 Å². The van der Waals surface area contributed by atoms with Gasteiger partial charge in [0.2, 0.25) is 0 Å². The number of ether oxygens (including phenoxy) is 2. The lowest BCUT2D eigenvalue weighted by atomic mass is 9.89. The van der Waals surface area contributed by atoms with Gasteiger partial charge in [-0.15, -0.1) is 0 Å². The lowest BCUT2D eigenvalue weighted by molar-refractivity contribution is -0.141. The lowest BCUT2D eigenvalue weighted by Crippen LogP contribution is -2.37. The number of carbonyl (C=O) groups is 2. The Morgan fingerprint density at radius 3 is 2.55 bits per heavy atom. The SMILES string of the molecule is COC(=O)CN1C[C@H]2CN(C(=O)c3cnccn3)[C@@H](c3ccc(OC)cc3)[C@H]2C1. The van der Waals surface area contributed by atoms with Crippen molar-refractivity contribution in [3.63, 3.8) is 0 Å². The molecule has 1 aromatic carbocycles. The second-order valence-electron chi connectivity index (χ2n) is 7.46. The zero-order valence-corrected chi connectivity index (χ0v) is 16.5. The molecule has 0 radical (unpaired) electrons. The van der Waals surface area contributed by atoms with Crippen molar-refractivity contribution in [3.05, 3.63) is 54.1 Å². The van der Waals surface area contributed by atoms with Crippen LogP contribution in [-0.2, 0) is 9.53 Å². The van der Waals surface area contributed by atoms with Crippen LogP contribution in [0.25, 0.3) is 0 Å². The molecule has 0 saturated carbocycles. The molecule has 1 amide bonds. The highest BCUT2D eigenvalue weighted by Crippen LogP contribution is 2.45. The van der Waals surface area contributed by atoms with Gasteiger partial charge in [0, 0.05) is 37.9 Å². The van der Waals surface area contributed by atoms with E-state index < -0.39 is 0 Å². The Kier molecular flexibility index (Phi) is 5.44. The summed E-state index contributed by atoms with van der Waals surface area (Å²) >= 11 is 0. The maximum atomic E-state index is 13.2. The van der Waals surface area contributed by atoms with Crippen molar-refractivity contribution < 1.29 is 19.1 Å². The lowest BCUT2D eigenvalue weighted by Gasteiger charge is -2.29. The minimum atomic E-state index is -0.238. The Labute approximate surface area is 169 Å². The molecule has 2 saturated heterocycles. The Morgan fingerprint density at radius 1 is 1.10 bits per heavy atom. The first-order valence-electron chi connectivity index (χ1n) is 9.60. The van der Waals surface area contributed by atoms with E-state index in [1.165, 1.54) is 19.5 Å². The molecule has 8 heteroatoms. The molecule has 152 valence electrons. The number of rotatable bonds is 5. The smallest absolute Gasteiger partial charge is 0.319 e. The molecule has 2 aliphatic rings. The first-order valence-corrected chi connectivity index (χ1v) is 9.60. The van der Waals surface area contributed by atoms with E-state index >= 15 is 0 Å². The van der Waals surface area contributed by atoms with Gasteiger partial charge in [-0.05, 0) is 23.6 Å². The molecular formula is C21H24N4O4. The highest BCUT2D eigenvalue weighted by atomic mass is 16.5. The Hall–Kier alpha value is -3.00. The summed E-state index contributed by atoms with van der Waals surface area (Å²) in [6, 6.07) is 7.74. The van der Waals surface area contributed by atoms with E-state index in [0.717, 1.165) is 24.4 Å². The number of hydrogen-bond donors (Lipinski definition) is 0. The molecule has 0 N–H and O–H groups in total. The van der Waals surface area contributed by atoms with Gasteiger partial charge in [0.15, 0.2) is 0 Å². The molecule has 1 aromatic heterocycles. The van der Waals surface area contributed by atoms with E-state index in [1.807, 2.05) is 29.2 Å². The number of hydrogen-bond acceptors (Lipinski definition) is 7. The molecule has 29 heavy (non-hydrogen) atoms. The van der Waals surface area contributed by atoms with E-state index in [0.29, 0.717) is 12.2 Å². The van der Waals surface area contributed by atoms with E-state index in [2.05, 4.69) is 14.9 Å². The van der Waals surface area contributed by atoms with Crippen molar-refractivity contribution in [1.29, 1.82) is 0 Å². The molecule has 2 aromatic rings. The van der Waals surface area contributed by atoms with E-state index in [1.54, 1.807) is 13.3 Å². The van der Waals surface area contributed by atoms with Crippen LogP contribution in [0, 0.1) is 11.8 Å². The minimum Gasteiger partial charge on any atom is -0.497 e. The van der Waals surface area contributed by atoms with Gasteiger partial charge in [-0.2, -0.15) is 0 Å². The molecule has 0 bridgehead atoms. The van der Waals surface area contributed by atoms with Crippen LogP contribution >= 0.6 is 0 Å². The zero-order chi connectivity index (χ0) is 20.4. The fraction of sp³-hybridized carbons (Fsp3) is 0.429. The summed E-state index contributed by atoms with van der Waals surface area (Å²) in [4.78, 5) is 37.2. The van der Waals surface area contributed by atoms with Crippen LogP contribution in [0.15, 0.2) is 42.9 Å². The van der Waals surface area contributed by atoms with Crippen molar-refractivity contribution in [2.75, 3.05) is 40.4 Å². The third kappa shape index (κ3) is 3.80. The molecular weight excluding hydrogens is 372 g/mol. The van der Waals surface area contributed by atoms with Crippen LogP contribution in [0.1, 0.15) is 22.1 Å². The summed E-state index contributed by atoms with van der Waals surface area (Å²) < 4.78 is 10.1. The van der Waals surface area contributed by atoms with Crippen LogP contribution in [0.5, 0.6) is 5.75 Å². The molecule has 0 spiro atoms. The van der Waals surface area contributed by atoms with Gasteiger partial charge >= 0.3 is 5.97 Å². The second kappa shape index (κ2) is 8.16. The number of fused-ring (bicyclic) bond motifs is 1. The first-order chi connectivity index (χ1) is 14.1. The van der Waals surface area contributed by atoms with Crippen LogP contribution in [-0.4, -0.2) is 72.0 Å². The summed E-state index contributed by atoms with van der Waals surface area (Å²) in [7, 11) is 3.03. The van der Waals surface area contributed by atoms with E-state index in [9.17, 15) is 9.59 Å². The molecule has 4 rings (SSSR count). The fourth-order valence-electron chi connectivity index (χ4n) is 4.51. The predicted molar refractivity (Wildman–Crippen MR) is 104 cm³/mol. The normalized spacial score (nSPS) is 23.7. The summed E-state index contributed by atoms with van der Waals surface area (Å²) in [5, 5.41) is 0. The number of benzene rings is 1. The molecule has 2 aliphatic heterocycles. The number of likely N-dealkylation sites (tertiary alicyclic amines) is 2.